The number of nitrogens with zero attached hydrogens (tertiary/aromatic N) is 2. The van der Waals surface area contributed by atoms with Gasteiger partial charge in [0.25, 0.3) is 10.0 Å². The third kappa shape index (κ3) is 6.86. The van der Waals surface area contributed by atoms with Crippen molar-refractivity contribution in [3.05, 3.63) is 125 Å². The maximum absolute atomic E-state index is 14.3. The predicted molar refractivity (Wildman–Crippen MR) is 168 cm³/mol. The number of hydrogen-bond donors (Lipinski definition) is 0. The van der Waals surface area contributed by atoms with Crippen LogP contribution in [-0.4, -0.2) is 45.3 Å². The number of rotatable bonds is 12. The molecule has 0 amide bonds. The summed E-state index contributed by atoms with van der Waals surface area (Å²) in [5.74, 6) is 0.454. The van der Waals surface area contributed by atoms with Gasteiger partial charge in [-0.1, -0.05) is 72.3 Å². The molecule has 4 aromatic carbocycles. The number of halogens is 1. The lowest BCUT2D eigenvalue weighted by Crippen LogP contribution is -2.34. The average molecular weight is 603 g/mol. The molecule has 0 spiro atoms. The topological polar surface area (TPSA) is 66.9 Å². The molecule has 1 aliphatic heterocycles. The van der Waals surface area contributed by atoms with Gasteiger partial charge in [0.2, 0.25) is 0 Å². The van der Waals surface area contributed by atoms with E-state index in [0.29, 0.717) is 34.2 Å². The predicted octanol–water partition coefficient (Wildman–Crippen LogP) is 7.39. The van der Waals surface area contributed by atoms with Crippen LogP contribution in [0.4, 0.5) is 5.69 Å². The summed E-state index contributed by atoms with van der Waals surface area (Å²) in [7, 11) is -4.08. The van der Waals surface area contributed by atoms with Gasteiger partial charge in [-0.2, -0.15) is 0 Å². The Morgan fingerprint density at radius 1 is 0.881 bits per heavy atom. The van der Waals surface area contributed by atoms with Gasteiger partial charge in [0.15, 0.2) is 5.78 Å². The van der Waals surface area contributed by atoms with E-state index >= 15 is 0 Å². The lowest BCUT2D eigenvalue weighted by molar-refractivity contribution is 0.103. The molecule has 1 fully saturated rings. The van der Waals surface area contributed by atoms with E-state index in [4.69, 9.17) is 16.3 Å². The first-order chi connectivity index (χ1) is 20.3. The molecule has 8 heteroatoms. The molecule has 4 aromatic rings. The highest BCUT2D eigenvalue weighted by Gasteiger charge is 2.32. The fourth-order valence-corrected chi connectivity index (χ4v) is 7.15. The normalized spacial score (nSPS) is 14.4. The monoisotopic (exact) mass is 602 g/mol. The van der Waals surface area contributed by atoms with Crippen molar-refractivity contribution in [3.8, 4) is 5.75 Å². The van der Waals surface area contributed by atoms with Crippen molar-refractivity contribution < 1.29 is 17.9 Å². The first kappa shape index (κ1) is 29.8. The number of likely N-dealkylation sites (tertiary alicyclic amines) is 1. The largest absolute Gasteiger partial charge is 0.493 e. The minimum atomic E-state index is -4.08. The van der Waals surface area contributed by atoms with E-state index in [0.717, 1.165) is 31.6 Å². The highest BCUT2D eigenvalue weighted by molar-refractivity contribution is 7.92. The number of ether oxygens (including phenoxy) is 1. The Balaban J connectivity index is 1.50. The summed E-state index contributed by atoms with van der Waals surface area (Å²) in [5.41, 5.74) is 2.04. The van der Waals surface area contributed by atoms with Crippen LogP contribution < -0.4 is 9.04 Å². The molecule has 1 atom stereocenters. The summed E-state index contributed by atoms with van der Waals surface area (Å²) in [6.07, 6.45) is 3.38. The highest BCUT2D eigenvalue weighted by Crippen LogP contribution is 2.37. The van der Waals surface area contributed by atoms with E-state index in [2.05, 4.69) is 4.90 Å². The van der Waals surface area contributed by atoms with Crippen LogP contribution in [0.5, 0.6) is 5.75 Å². The smallest absolute Gasteiger partial charge is 0.264 e. The average Bonchev–Trinajstić information content (AvgIpc) is 3.54. The number of hydrogen-bond acceptors (Lipinski definition) is 5. The molecule has 1 heterocycles. The standard InChI is InChI=1S/C34H35ClN2O4S/c1-26(32-15-5-6-16-33(32)41-24-10-23-36-21-7-8-22-36)37(42(39,40)31-19-17-29(35)18-20-31)30-14-9-13-28(25-30)34(38)27-11-3-2-4-12-27/h2-6,9,11-20,25-26H,7-8,10,21-24H2,1H3. The third-order valence-corrected chi connectivity index (χ3v) is 9.73. The number of ketones is 1. The lowest BCUT2D eigenvalue weighted by atomic mass is 10.0. The van der Waals surface area contributed by atoms with Crippen molar-refractivity contribution in [2.45, 2.75) is 37.1 Å². The van der Waals surface area contributed by atoms with Crippen LogP contribution in [0.15, 0.2) is 108 Å². The summed E-state index contributed by atoms with van der Waals surface area (Å²) in [6, 6.07) is 28.7. The summed E-state index contributed by atoms with van der Waals surface area (Å²) in [5, 5.41) is 0.441. The van der Waals surface area contributed by atoms with E-state index in [-0.39, 0.29) is 10.7 Å². The molecule has 0 radical (unpaired) electrons. The SMILES string of the molecule is CC(c1ccccc1OCCCN1CCCC1)N(c1cccc(C(=O)c2ccccc2)c1)S(=O)(=O)c1ccc(Cl)cc1. The zero-order chi connectivity index (χ0) is 29.5. The minimum Gasteiger partial charge on any atom is -0.493 e. The molecule has 0 bridgehead atoms. The molecular weight excluding hydrogens is 568 g/mol. The molecule has 1 unspecified atom stereocenters. The summed E-state index contributed by atoms with van der Waals surface area (Å²) in [4.78, 5) is 15.9. The van der Waals surface area contributed by atoms with Gasteiger partial charge < -0.3 is 9.64 Å². The molecule has 42 heavy (non-hydrogen) atoms. The Hall–Kier alpha value is -3.65. The van der Waals surface area contributed by atoms with Gasteiger partial charge in [-0.15, -0.1) is 0 Å². The molecule has 1 aliphatic rings. The van der Waals surface area contributed by atoms with E-state index < -0.39 is 16.1 Å². The Morgan fingerprint density at radius 2 is 1.55 bits per heavy atom. The van der Waals surface area contributed by atoms with Crippen LogP contribution in [0.3, 0.4) is 0 Å². The molecule has 218 valence electrons. The van der Waals surface area contributed by atoms with Gasteiger partial charge in [-0.05, 0) is 81.7 Å². The number of carbonyl (C=O) groups is 1. The maximum atomic E-state index is 14.3. The van der Waals surface area contributed by atoms with E-state index in [1.54, 1.807) is 60.7 Å². The number of para-hydroxylation sites is 1. The van der Waals surface area contributed by atoms with E-state index in [1.165, 1.54) is 29.3 Å². The van der Waals surface area contributed by atoms with Crippen LogP contribution in [0, 0.1) is 0 Å². The fourth-order valence-electron chi connectivity index (χ4n) is 5.39. The van der Waals surface area contributed by atoms with Gasteiger partial charge in [0.05, 0.1) is 23.2 Å². The van der Waals surface area contributed by atoms with Crippen molar-refractivity contribution in [1.82, 2.24) is 4.90 Å². The van der Waals surface area contributed by atoms with E-state index in [9.17, 15) is 13.2 Å². The summed E-state index contributed by atoms with van der Waals surface area (Å²) in [6.45, 7) is 5.63. The highest BCUT2D eigenvalue weighted by atomic mass is 35.5. The molecule has 0 aromatic heterocycles. The summed E-state index contributed by atoms with van der Waals surface area (Å²) >= 11 is 6.09. The molecule has 0 N–H and O–H groups in total. The quantitative estimate of drug-likeness (QED) is 0.125. The van der Waals surface area contributed by atoms with Crippen molar-refractivity contribution in [2.24, 2.45) is 0 Å². The first-order valence-electron chi connectivity index (χ1n) is 14.3. The third-order valence-electron chi connectivity index (χ3n) is 7.57. The molecule has 6 nitrogen and oxygen atoms in total. The van der Waals surface area contributed by atoms with Crippen molar-refractivity contribution >= 4 is 33.1 Å². The Labute approximate surface area is 253 Å². The van der Waals surface area contributed by atoms with Crippen LogP contribution in [0.1, 0.15) is 53.7 Å². The minimum absolute atomic E-state index is 0.0996. The molecule has 5 rings (SSSR count). The van der Waals surface area contributed by atoms with Crippen LogP contribution >= 0.6 is 11.6 Å². The second-order valence-electron chi connectivity index (χ2n) is 10.5. The second kappa shape index (κ2) is 13.6. The number of benzene rings is 4. The van der Waals surface area contributed by atoms with Gasteiger partial charge in [0, 0.05) is 28.3 Å². The lowest BCUT2D eigenvalue weighted by Gasteiger charge is -2.32. The number of sulfonamides is 1. The van der Waals surface area contributed by atoms with Crippen LogP contribution in [0.25, 0.3) is 0 Å². The zero-order valence-electron chi connectivity index (χ0n) is 23.7. The van der Waals surface area contributed by atoms with Gasteiger partial charge in [-0.3, -0.25) is 9.10 Å². The number of anilines is 1. The van der Waals surface area contributed by atoms with Gasteiger partial charge in [0.1, 0.15) is 5.75 Å². The van der Waals surface area contributed by atoms with E-state index in [1.807, 2.05) is 37.3 Å². The molecule has 0 aliphatic carbocycles. The van der Waals surface area contributed by atoms with Crippen LogP contribution in [-0.2, 0) is 10.0 Å². The Kier molecular flexibility index (Phi) is 9.62. The van der Waals surface area contributed by atoms with Gasteiger partial charge in [-0.25, -0.2) is 8.42 Å². The van der Waals surface area contributed by atoms with Crippen molar-refractivity contribution in [1.29, 1.82) is 0 Å². The zero-order valence-corrected chi connectivity index (χ0v) is 25.2. The maximum Gasteiger partial charge on any atom is 0.264 e. The number of carbonyl (C=O) groups excluding carboxylic acids is 1. The van der Waals surface area contributed by atoms with Crippen molar-refractivity contribution in [3.63, 3.8) is 0 Å². The summed E-state index contributed by atoms with van der Waals surface area (Å²) < 4.78 is 36.2. The second-order valence-corrected chi connectivity index (χ2v) is 12.7. The molecular formula is C34H35ClN2O4S. The molecule has 1 saturated heterocycles. The van der Waals surface area contributed by atoms with Gasteiger partial charge >= 0.3 is 0 Å². The first-order valence-corrected chi connectivity index (χ1v) is 16.1. The Bertz CT molecular complexity index is 1600. The fraction of sp³-hybridized carbons (Fsp3) is 0.265. The Morgan fingerprint density at radius 3 is 2.29 bits per heavy atom. The van der Waals surface area contributed by atoms with Crippen molar-refractivity contribution in [2.75, 3.05) is 30.5 Å². The van der Waals surface area contributed by atoms with Crippen LogP contribution in [0.2, 0.25) is 5.02 Å². The molecule has 0 saturated carbocycles.